The quantitative estimate of drug-likeness (QED) is 0.819. The summed E-state index contributed by atoms with van der Waals surface area (Å²) >= 11 is 0. The molecule has 0 saturated heterocycles. The van der Waals surface area contributed by atoms with E-state index in [0.29, 0.717) is 17.9 Å². The molecule has 0 aliphatic rings. The van der Waals surface area contributed by atoms with E-state index in [1.807, 2.05) is 45.0 Å². The van der Waals surface area contributed by atoms with Crippen LogP contribution in [0.3, 0.4) is 0 Å². The van der Waals surface area contributed by atoms with Crippen molar-refractivity contribution in [2.24, 2.45) is 5.41 Å². The minimum absolute atomic E-state index is 0.0901. The Kier molecular flexibility index (Phi) is 6.48. The molecule has 0 spiro atoms. The van der Waals surface area contributed by atoms with Gasteiger partial charge in [-0.3, -0.25) is 4.79 Å². The van der Waals surface area contributed by atoms with E-state index in [2.05, 4.69) is 26.1 Å². The number of nitrogens with one attached hydrogen (secondary N) is 1. The fourth-order valence-electron chi connectivity index (χ4n) is 2.98. The summed E-state index contributed by atoms with van der Waals surface area (Å²) in [4.78, 5) is 12.6. The standard InChI is InChI=1S/C19H31NO3/c1-8-14(23-16-12-10-9-11-15(16)22-7)17(21)20-19(5,6)13-18(2,3)4/h9-12,14H,8,13H2,1-7H3,(H,20,21)/t14-/m1/s1. The second-order valence-corrected chi connectivity index (χ2v) is 7.78. The van der Waals surface area contributed by atoms with E-state index >= 15 is 0 Å². The van der Waals surface area contributed by atoms with E-state index < -0.39 is 6.10 Å². The second-order valence-electron chi connectivity index (χ2n) is 7.78. The van der Waals surface area contributed by atoms with E-state index in [4.69, 9.17) is 9.47 Å². The highest BCUT2D eigenvalue weighted by molar-refractivity contribution is 5.81. The molecule has 0 saturated carbocycles. The van der Waals surface area contributed by atoms with Gasteiger partial charge in [-0.1, -0.05) is 39.8 Å². The van der Waals surface area contributed by atoms with Gasteiger partial charge < -0.3 is 14.8 Å². The summed E-state index contributed by atoms with van der Waals surface area (Å²) < 4.78 is 11.2. The van der Waals surface area contributed by atoms with Crippen LogP contribution in [0.15, 0.2) is 24.3 Å². The Hall–Kier alpha value is -1.71. The van der Waals surface area contributed by atoms with Crippen LogP contribution in [0.25, 0.3) is 0 Å². The fraction of sp³-hybridized carbons (Fsp3) is 0.632. The highest BCUT2D eigenvalue weighted by Gasteiger charge is 2.30. The Morgan fingerprint density at radius 3 is 2.17 bits per heavy atom. The van der Waals surface area contributed by atoms with E-state index in [1.165, 1.54) is 0 Å². The lowest BCUT2D eigenvalue weighted by Crippen LogP contribution is -2.50. The van der Waals surface area contributed by atoms with Crippen molar-refractivity contribution in [2.45, 2.75) is 66.0 Å². The number of ether oxygens (including phenoxy) is 2. The Morgan fingerprint density at radius 2 is 1.70 bits per heavy atom. The molecule has 0 fully saturated rings. The summed E-state index contributed by atoms with van der Waals surface area (Å²) in [6, 6.07) is 7.38. The van der Waals surface area contributed by atoms with Crippen molar-refractivity contribution in [1.82, 2.24) is 5.32 Å². The third-order valence-corrected chi connectivity index (χ3v) is 3.44. The van der Waals surface area contributed by atoms with E-state index in [1.54, 1.807) is 7.11 Å². The van der Waals surface area contributed by atoms with E-state index in [9.17, 15) is 4.79 Å². The van der Waals surface area contributed by atoms with Gasteiger partial charge in [-0.25, -0.2) is 0 Å². The number of rotatable bonds is 7. The van der Waals surface area contributed by atoms with Crippen LogP contribution in [0.5, 0.6) is 11.5 Å². The monoisotopic (exact) mass is 321 g/mol. The van der Waals surface area contributed by atoms with Gasteiger partial charge in [-0.2, -0.15) is 0 Å². The van der Waals surface area contributed by atoms with Crippen LogP contribution in [0.4, 0.5) is 0 Å². The van der Waals surface area contributed by atoms with Gasteiger partial charge in [0.2, 0.25) is 0 Å². The highest BCUT2D eigenvalue weighted by Crippen LogP contribution is 2.29. The predicted octanol–water partition coefficient (Wildman–Crippen LogP) is 4.18. The summed E-state index contributed by atoms with van der Waals surface area (Å²) in [7, 11) is 1.59. The lowest BCUT2D eigenvalue weighted by atomic mass is 9.81. The highest BCUT2D eigenvalue weighted by atomic mass is 16.5. The van der Waals surface area contributed by atoms with Gasteiger partial charge in [0.25, 0.3) is 5.91 Å². The molecule has 0 bridgehead atoms. The Balaban J connectivity index is 2.79. The minimum Gasteiger partial charge on any atom is -0.493 e. The molecule has 1 amide bonds. The number of para-hydroxylation sites is 2. The molecule has 1 rings (SSSR count). The molecule has 0 aromatic heterocycles. The molecule has 23 heavy (non-hydrogen) atoms. The van der Waals surface area contributed by atoms with Crippen LogP contribution in [0, 0.1) is 5.41 Å². The molecule has 1 atom stereocenters. The lowest BCUT2D eigenvalue weighted by Gasteiger charge is -2.34. The van der Waals surface area contributed by atoms with Crippen molar-refractivity contribution in [2.75, 3.05) is 7.11 Å². The zero-order valence-corrected chi connectivity index (χ0v) is 15.5. The first-order valence-electron chi connectivity index (χ1n) is 8.19. The molecular weight excluding hydrogens is 290 g/mol. The second kappa shape index (κ2) is 7.71. The van der Waals surface area contributed by atoms with Crippen LogP contribution in [0.2, 0.25) is 0 Å². The number of benzene rings is 1. The number of hydrogen-bond acceptors (Lipinski definition) is 3. The normalized spacial score (nSPS) is 13.3. The Labute approximate surface area is 140 Å². The van der Waals surface area contributed by atoms with Crippen LogP contribution < -0.4 is 14.8 Å². The number of carbonyl (C=O) groups is 1. The molecule has 0 aliphatic carbocycles. The molecule has 0 radical (unpaired) electrons. The maximum absolute atomic E-state index is 12.6. The van der Waals surface area contributed by atoms with Crippen LogP contribution in [0.1, 0.15) is 54.4 Å². The molecule has 0 unspecified atom stereocenters. The smallest absolute Gasteiger partial charge is 0.261 e. The zero-order chi connectivity index (χ0) is 17.7. The van der Waals surface area contributed by atoms with Crippen LogP contribution >= 0.6 is 0 Å². The molecule has 1 aromatic carbocycles. The maximum atomic E-state index is 12.6. The molecule has 130 valence electrons. The summed E-state index contributed by atoms with van der Waals surface area (Å²) in [6.45, 7) is 12.5. The van der Waals surface area contributed by atoms with Crippen molar-refractivity contribution in [3.8, 4) is 11.5 Å². The van der Waals surface area contributed by atoms with Crippen molar-refractivity contribution in [3.63, 3.8) is 0 Å². The topological polar surface area (TPSA) is 47.6 Å². The molecule has 4 nitrogen and oxygen atoms in total. The molecule has 0 heterocycles. The first kappa shape index (κ1) is 19.3. The zero-order valence-electron chi connectivity index (χ0n) is 15.5. The predicted molar refractivity (Wildman–Crippen MR) is 94.0 cm³/mol. The van der Waals surface area contributed by atoms with E-state index in [0.717, 1.165) is 6.42 Å². The fourth-order valence-corrected chi connectivity index (χ4v) is 2.98. The number of hydrogen-bond donors (Lipinski definition) is 1. The maximum Gasteiger partial charge on any atom is 0.261 e. The van der Waals surface area contributed by atoms with Gasteiger partial charge in [-0.05, 0) is 44.2 Å². The third kappa shape index (κ3) is 6.51. The van der Waals surface area contributed by atoms with Gasteiger partial charge in [0.05, 0.1) is 7.11 Å². The largest absolute Gasteiger partial charge is 0.493 e. The van der Waals surface area contributed by atoms with Crippen molar-refractivity contribution >= 4 is 5.91 Å². The molecule has 1 aromatic rings. The first-order chi connectivity index (χ1) is 10.6. The third-order valence-electron chi connectivity index (χ3n) is 3.44. The Morgan fingerprint density at radius 1 is 1.13 bits per heavy atom. The molecular formula is C19H31NO3. The summed E-state index contributed by atoms with van der Waals surface area (Å²) in [6.07, 6.45) is 0.942. The van der Waals surface area contributed by atoms with Crippen LogP contribution in [-0.4, -0.2) is 24.7 Å². The Bertz CT molecular complexity index is 518. The summed E-state index contributed by atoms with van der Waals surface area (Å²) in [5.41, 5.74) is -0.144. The van der Waals surface area contributed by atoms with Gasteiger partial charge in [0, 0.05) is 5.54 Å². The van der Waals surface area contributed by atoms with E-state index in [-0.39, 0.29) is 16.9 Å². The van der Waals surface area contributed by atoms with Crippen LogP contribution in [-0.2, 0) is 4.79 Å². The molecule has 1 N–H and O–H groups in total. The summed E-state index contributed by atoms with van der Waals surface area (Å²) in [5, 5.41) is 3.12. The minimum atomic E-state index is -0.537. The summed E-state index contributed by atoms with van der Waals surface area (Å²) in [5.74, 6) is 1.13. The van der Waals surface area contributed by atoms with Crippen molar-refractivity contribution < 1.29 is 14.3 Å². The van der Waals surface area contributed by atoms with Gasteiger partial charge in [0.1, 0.15) is 0 Å². The number of carbonyl (C=O) groups excluding carboxylic acids is 1. The molecule has 4 heteroatoms. The number of methoxy groups -OCH3 is 1. The van der Waals surface area contributed by atoms with Crippen molar-refractivity contribution in [1.29, 1.82) is 0 Å². The number of amides is 1. The van der Waals surface area contributed by atoms with Gasteiger partial charge >= 0.3 is 0 Å². The average Bonchev–Trinajstić information content (AvgIpc) is 2.41. The molecule has 0 aliphatic heterocycles. The first-order valence-corrected chi connectivity index (χ1v) is 8.19. The van der Waals surface area contributed by atoms with Gasteiger partial charge in [0.15, 0.2) is 17.6 Å². The van der Waals surface area contributed by atoms with Gasteiger partial charge in [-0.15, -0.1) is 0 Å². The van der Waals surface area contributed by atoms with Crippen molar-refractivity contribution in [3.05, 3.63) is 24.3 Å². The lowest BCUT2D eigenvalue weighted by molar-refractivity contribution is -0.130. The SMILES string of the molecule is CC[C@@H](Oc1ccccc1OC)C(=O)NC(C)(C)CC(C)(C)C. The average molecular weight is 321 g/mol.